The molecule has 1 fully saturated rings. The summed E-state index contributed by atoms with van der Waals surface area (Å²) in [5, 5.41) is 7.35. The molecule has 1 saturated heterocycles. The van der Waals surface area contributed by atoms with Crippen LogP contribution in [0.15, 0.2) is 34.9 Å². The van der Waals surface area contributed by atoms with Gasteiger partial charge in [0.2, 0.25) is 11.8 Å². The molecule has 1 aromatic carbocycles. The van der Waals surface area contributed by atoms with E-state index in [1.54, 1.807) is 0 Å². The van der Waals surface area contributed by atoms with Crippen molar-refractivity contribution in [2.45, 2.75) is 51.5 Å². The van der Waals surface area contributed by atoms with E-state index in [2.05, 4.69) is 15.5 Å². The summed E-state index contributed by atoms with van der Waals surface area (Å²) in [6.45, 7) is 8.14. The molecule has 3 rings (SSSR count). The number of amides is 1. The molecule has 6 heteroatoms. The third-order valence-corrected chi connectivity index (χ3v) is 4.90. The summed E-state index contributed by atoms with van der Waals surface area (Å²) in [6.07, 6.45) is 3.37. The van der Waals surface area contributed by atoms with Gasteiger partial charge in [-0.3, -0.25) is 4.79 Å². The van der Waals surface area contributed by atoms with Crippen molar-refractivity contribution in [3.8, 4) is 0 Å². The minimum absolute atomic E-state index is 0.147. The highest BCUT2D eigenvalue weighted by Crippen LogP contribution is 2.24. The van der Waals surface area contributed by atoms with Crippen molar-refractivity contribution in [2.24, 2.45) is 0 Å². The highest BCUT2D eigenvalue weighted by atomic mass is 16.5. The molecule has 0 spiro atoms. The lowest BCUT2D eigenvalue weighted by atomic mass is 9.92. The Labute approximate surface area is 155 Å². The highest BCUT2D eigenvalue weighted by Gasteiger charge is 2.32. The summed E-state index contributed by atoms with van der Waals surface area (Å²) >= 11 is 0. The van der Waals surface area contributed by atoms with Gasteiger partial charge in [0, 0.05) is 19.6 Å². The van der Waals surface area contributed by atoms with Crippen LogP contribution in [0.3, 0.4) is 0 Å². The van der Waals surface area contributed by atoms with Gasteiger partial charge in [0.15, 0.2) is 5.82 Å². The molecule has 1 amide bonds. The molecular weight excluding hydrogens is 328 g/mol. The van der Waals surface area contributed by atoms with Crippen LogP contribution in [-0.2, 0) is 10.2 Å². The van der Waals surface area contributed by atoms with Gasteiger partial charge in [-0.15, -0.1) is 0 Å². The number of aromatic nitrogens is 2. The number of likely N-dealkylation sites (tertiary alicyclic amines) is 1. The maximum atomic E-state index is 13.2. The second-order valence-electron chi connectivity index (χ2n) is 7.64. The Kier molecular flexibility index (Phi) is 5.71. The number of nitrogens with zero attached hydrogens (tertiary/aromatic N) is 3. The number of nitrogens with one attached hydrogen (secondary N) is 1. The molecule has 0 aliphatic carbocycles. The quantitative estimate of drug-likeness (QED) is 0.861. The van der Waals surface area contributed by atoms with Gasteiger partial charge in [-0.25, -0.2) is 0 Å². The summed E-state index contributed by atoms with van der Waals surface area (Å²) in [4.78, 5) is 19.5. The largest absolute Gasteiger partial charge is 0.341 e. The van der Waals surface area contributed by atoms with Crippen LogP contribution in [-0.4, -0.2) is 40.6 Å². The van der Waals surface area contributed by atoms with Gasteiger partial charge in [-0.1, -0.05) is 35.5 Å². The smallest absolute Gasteiger partial charge is 0.244 e. The van der Waals surface area contributed by atoms with Crippen molar-refractivity contribution in [2.75, 3.05) is 19.6 Å². The molecule has 1 unspecified atom stereocenters. The fourth-order valence-electron chi connectivity index (χ4n) is 3.29. The number of hydrogen-bond acceptors (Lipinski definition) is 5. The lowest BCUT2D eigenvalue weighted by Crippen LogP contribution is -2.46. The van der Waals surface area contributed by atoms with Crippen LogP contribution in [0.1, 0.15) is 56.4 Å². The number of aryl methyl sites for hydroxylation is 1. The Bertz CT molecular complexity index is 720. The molecule has 6 nitrogen and oxygen atoms in total. The SMILES string of the molecule is Cc1noc(C(C)(C)CNC(C(=O)N2CCCCC2)c2ccccc2)n1. The summed E-state index contributed by atoms with van der Waals surface area (Å²) in [7, 11) is 0. The molecule has 0 radical (unpaired) electrons. The van der Waals surface area contributed by atoms with Gasteiger partial charge in [0.25, 0.3) is 0 Å². The van der Waals surface area contributed by atoms with E-state index >= 15 is 0 Å². The first-order valence-corrected chi connectivity index (χ1v) is 9.35. The average molecular weight is 356 g/mol. The van der Waals surface area contributed by atoms with Crippen LogP contribution in [0, 0.1) is 6.92 Å². The average Bonchev–Trinajstić information content (AvgIpc) is 3.11. The molecule has 26 heavy (non-hydrogen) atoms. The van der Waals surface area contributed by atoms with Crippen LogP contribution in [0.5, 0.6) is 0 Å². The first-order chi connectivity index (χ1) is 12.5. The van der Waals surface area contributed by atoms with E-state index in [4.69, 9.17) is 4.52 Å². The first-order valence-electron chi connectivity index (χ1n) is 9.35. The lowest BCUT2D eigenvalue weighted by Gasteiger charge is -2.32. The van der Waals surface area contributed by atoms with E-state index in [1.165, 1.54) is 6.42 Å². The standard InChI is InChI=1S/C20H28N4O2/c1-15-22-19(26-23-15)20(2,3)14-21-17(16-10-6-4-7-11-16)18(25)24-12-8-5-9-13-24/h4,6-7,10-11,17,21H,5,8-9,12-14H2,1-3H3. The Morgan fingerprint density at radius 3 is 2.54 bits per heavy atom. The van der Waals surface area contributed by atoms with Gasteiger partial charge in [0.05, 0.1) is 5.41 Å². The van der Waals surface area contributed by atoms with Crippen molar-refractivity contribution >= 4 is 5.91 Å². The zero-order chi connectivity index (χ0) is 18.6. The van der Waals surface area contributed by atoms with E-state index < -0.39 is 0 Å². The Hall–Kier alpha value is -2.21. The second-order valence-corrected chi connectivity index (χ2v) is 7.64. The zero-order valence-corrected chi connectivity index (χ0v) is 15.9. The van der Waals surface area contributed by atoms with Gasteiger partial charge < -0.3 is 14.7 Å². The fraction of sp³-hybridized carbons (Fsp3) is 0.550. The Morgan fingerprint density at radius 2 is 1.92 bits per heavy atom. The van der Waals surface area contributed by atoms with Gasteiger partial charge in [-0.2, -0.15) is 4.98 Å². The number of benzene rings is 1. The minimum Gasteiger partial charge on any atom is -0.341 e. The van der Waals surface area contributed by atoms with Crippen molar-refractivity contribution in [1.82, 2.24) is 20.4 Å². The molecule has 140 valence electrons. The second kappa shape index (κ2) is 7.99. The van der Waals surface area contributed by atoms with E-state index in [0.29, 0.717) is 18.3 Å². The topological polar surface area (TPSA) is 71.3 Å². The first kappa shape index (κ1) is 18.6. The molecule has 1 N–H and O–H groups in total. The van der Waals surface area contributed by atoms with Crippen molar-refractivity contribution < 1.29 is 9.32 Å². The molecule has 1 atom stereocenters. The highest BCUT2D eigenvalue weighted by molar-refractivity contribution is 5.83. The molecule has 1 aromatic heterocycles. The maximum Gasteiger partial charge on any atom is 0.244 e. The summed E-state index contributed by atoms with van der Waals surface area (Å²) in [6, 6.07) is 9.56. The monoisotopic (exact) mass is 356 g/mol. The Morgan fingerprint density at radius 1 is 1.23 bits per heavy atom. The van der Waals surface area contributed by atoms with Gasteiger partial charge >= 0.3 is 0 Å². The summed E-state index contributed by atoms with van der Waals surface area (Å²) < 4.78 is 5.35. The molecule has 2 aromatic rings. The number of carbonyl (C=O) groups excluding carboxylic acids is 1. The number of rotatable bonds is 6. The van der Waals surface area contributed by atoms with Crippen molar-refractivity contribution in [3.63, 3.8) is 0 Å². The molecule has 2 heterocycles. The van der Waals surface area contributed by atoms with Crippen LogP contribution in [0.2, 0.25) is 0 Å². The van der Waals surface area contributed by atoms with Gasteiger partial charge in [0.1, 0.15) is 6.04 Å². The van der Waals surface area contributed by atoms with Crippen LogP contribution in [0.4, 0.5) is 0 Å². The maximum absolute atomic E-state index is 13.2. The molecule has 0 saturated carbocycles. The molecule has 0 bridgehead atoms. The van der Waals surface area contributed by atoms with E-state index in [9.17, 15) is 4.79 Å². The lowest BCUT2D eigenvalue weighted by molar-refractivity contribution is -0.134. The normalized spacial score (nSPS) is 16.5. The third-order valence-electron chi connectivity index (χ3n) is 4.90. The third kappa shape index (κ3) is 4.30. The fourth-order valence-corrected chi connectivity index (χ4v) is 3.29. The zero-order valence-electron chi connectivity index (χ0n) is 15.9. The van der Waals surface area contributed by atoms with E-state index in [1.807, 2.05) is 56.0 Å². The predicted octanol–water partition coefficient (Wildman–Crippen LogP) is 3.00. The van der Waals surface area contributed by atoms with Crippen molar-refractivity contribution in [3.05, 3.63) is 47.6 Å². The van der Waals surface area contributed by atoms with Crippen LogP contribution in [0.25, 0.3) is 0 Å². The van der Waals surface area contributed by atoms with Gasteiger partial charge in [-0.05, 0) is 45.6 Å². The summed E-state index contributed by atoms with van der Waals surface area (Å²) in [5.41, 5.74) is 0.622. The van der Waals surface area contributed by atoms with E-state index in [-0.39, 0.29) is 17.4 Å². The molecule has 1 aliphatic heterocycles. The molecular formula is C20H28N4O2. The predicted molar refractivity (Wildman–Crippen MR) is 99.7 cm³/mol. The number of piperidine rings is 1. The minimum atomic E-state index is -0.365. The van der Waals surface area contributed by atoms with Crippen molar-refractivity contribution in [1.29, 1.82) is 0 Å². The van der Waals surface area contributed by atoms with Crippen LogP contribution < -0.4 is 5.32 Å². The number of hydrogen-bond donors (Lipinski definition) is 1. The number of carbonyl (C=O) groups is 1. The van der Waals surface area contributed by atoms with E-state index in [0.717, 1.165) is 31.5 Å². The Balaban J connectivity index is 1.76. The molecule has 1 aliphatic rings. The van der Waals surface area contributed by atoms with Crippen LogP contribution >= 0.6 is 0 Å². The summed E-state index contributed by atoms with van der Waals surface area (Å²) in [5.74, 6) is 1.35.